The summed E-state index contributed by atoms with van der Waals surface area (Å²) in [7, 11) is 0. The van der Waals surface area contributed by atoms with E-state index in [0.29, 0.717) is 0 Å². The lowest BCUT2D eigenvalue weighted by atomic mass is 10.8. The van der Waals surface area contributed by atoms with Gasteiger partial charge in [-0.3, -0.25) is 4.79 Å². The van der Waals surface area contributed by atoms with Crippen LogP contribution in [0.3, 0.4) is 0 Å². The maximum Gasteiger partial charge on any atom is 0.214 e. The van der Waals surface area contributed by atoms with Crippen LogP contribution in [0, 0.1) is 0 Å². The molecule has 2 nitrogen and oxygen atoms in total. The van der Waals surface area contributed by atoms with Crippen molar-refractivity contribution in [1.29, 1.82) is 0 Å². The van der Waals surface area contributed by atoms with Gasteiger partial charge in [0, 0.05) is 8.35 Å². The zero-order valence-corrected chi connectivity index (χ0v) is 6.49. The first-order chi connectivity index (χ1) is 3.73. The number of nitrogens with two attached hydrogens (primary N) is 1. The van der Waals surface area contributed by atoms with Gasteiger partial charge >= 0.3 is 0 Å². The fourth-order valence-electron chi connectivity index (χ4n) is 0. The minimum absolute atomic E-state index is 0. The van der Waals surface area contributed by atoms with E-state index in [9.17, 15) is 4.79 Å². The van der Waals surface area contributed by atoms with Crippen molar-refractivity contribution >= 4 is 5.91 Å². The van der Waals surface area contributed by atoms with Gasteiger partial charge in [-0.25, -0.2) is 0 Å². The largest absolute Gasteiger partial charge is 0.370 e. The minimum Gasteiger partial charge on any atom is -0.370 e. The average molecular weight is 121 g/mol. The van der Waals surface area contributed by atoms with Gasteiger partial charge in [0.05, 0.1) is 0 Å². The number of carbonyl (C=O) groups is 1. The van der Waals surface area contributed by atoms with E-state index in [1.807, 2.05) is 27.7 Å². The lowest BCUT2D eigenvalue weighted by Gasteiger charge is -1.60. The van der Waals surface area contributed by atoms with Crippen molar-refractivity contribution in [2.75, 3.05) is 0 Å². The van der Waals surface area contributed by atoms with Crippen LogP contribution >= 0.6 is 0 Å². The van der Waals surface area contributed by atoms with E-state index < -0.39 is 0 Å². The molecule has 54 valence electrons. The van der Waals surface area contributed by atoms with Crippen LogP contribution in [0.1, 0.15) is 36.0 Å². The van der Waals surface area contributed by atoms with Gasteiger partial charge in [-0.1, -0.05) is 27.7 Å². The highest BCUT2D eigenvalue weighted by Crippen LogP contribution is 1.33. The Morgan fingerprint density at radius 1 is 1.25 bits per heavy atom. The van der Waals surface area contributed by atoms with Crippen LogP contribution in [0.15, 0.2) is 0 Å². The van der Waals surface area contributed by atoms with Crippen LogP contribution in [0.5, 0.6) is 0 Å². The maximum absolute atomic E-state index is 9.22. The Kier molecular flexibility index (Phi) is 62.1. The molecule has 0 radical (unpaired) electrons. The van der Waals surface area contributed by atoms with E-state index in [4.69, 9.17) is 0 Å². The van der Waals surface area contributed by atoms with Gasteiger partial charge in [-0.2, -0.15) is 0 Å². The van der Waals surface area contributed by atoms with Crippen LogP contribution < -0.4 is 5.73 Å². The summed E-state index contributed by atoms with van der Waals surface area (Å²) in [5, 5.41) is 0. The van der Waals surface area contributed by atoms with Crippen molar-refractivity contribution in [2.24, 2.45) is 5.73 Å². The predicted octanol–water partition coefficient (Wildman–Crippen LogP) is 1.79. The van der Waals surface area contributed by atoms with Crippen LogP contribution in [-0.2, 0) is 4.79 Å². The first-order valence-electron chi connectivity index (χ1n) is 2.99. The van der Waals surface area contributed by atoms with Crippen molar-refractivity contribution in [3.63, 3.8) is 0 Å². The molecule has 0 aliphatic rings. The SMILES string of the molecule is CC.CC.CC(N)=O.[HH]. The lowest BCUT2D eigenvalue weighted by molar-refractivity contribution is -0.115. The molecule has 0 spiro atoms. The Morgan fingerprint density at radius 3 is 1.25 bits per heavy atom. The average Bonchev–Trinajstić information content (AvgIpc) is 1.75. The third kappa shape index (κ3) is 389. The monoisotopic (exact) mass is 121 g/mol. The second-order valence-electron chi connectivity index (χ2n) is 0.611. The normalized spacial score (nSPS) is 4.62. The topological polar surface area (TPSA) is 43.1 Å². The minimum atomic E-state index is -0.333. The molecule has 0 aromatic heterocycles. The Labute approximate surface area is 53.6 Å². The van der Waals surface area contributed by atoms with Crippen molar-refractivity contribution < 1.29 is 6.22 Å². The summed E-state index contributed by atoms with van der Waals surface area (Å²) >= 11 is 0. The number of amides is 1. The maximum atomic E-state index is 9.22. The molecule has 0 fully saturated rings. The molecular formula is C6H19NO. The molecule has 0 saturated heterocycles. The second kappa shape index (κ2) is 31.7. The van der Waals surface area contributed by atoms with Gasteiger partial charge in [0.2, 0.25) is 5.91 Å². The molecule has 2 N–H and O–H groups in total. The van der Waals surface area contributed by atoms with Gasteiger partial charge < -0.3 is 5.73 Å². The number of hydrogen-bond donors (Lipinski definition) is 1. The Balaban J connectivity index is -0.0000000221. The molecule has 2 heteroatoms. The molecule has 0 aliphatic carbocycles. The van der Waals surface area contributed by atoms with E-state index in [2.05, 4.69) is 5.73 Å². The Morgan fingerprint density at radius 2 is 1.25 bits per heavy atom. The zero-order chi connectivity index (χ0) is 7.58. The first-order valence-corrected chi connectivity index (χ1v) is 2.99. The van der Waals surface area contributed by atoms with E-state index in [1.54, 1.807) is 0 Å². The third-order valence-corrected chi connectivity index (χ3v) is 0. The molecule has 0 aromatic rings. The second-order valence-corrected chi connectivity index (χ2v) is 0.611. The van der Waals surface area contributed by atoms with Gasteiger partial charge in [0.15, 0.2) is 0 Å². The predicted molar refractivity (Wildman–Crippen MR) is 39.7 cm³/mol. The van der Waals surface area contributed by atoms with E-state index >= 15 is 0 Å². The highest BCUT2D eigenvalue weighted by molar-refractivity contribution is 5.70. The van der Waals surface area contributed by atoms with Crippen molar-refractivity contribution in [3.8, 4) is 0 Å². The smallest absolute Gasteiger partial charge is 0.214 e. The quantitative estimate of drug-likeness (QED) is 0.521. The third-order valence-electron chi connectivity index (χ3n) is 0. The summed E-state index contributed by atoms with van der Waals surface area (Å²) in [6.45, 7) is 9.31. The van der Waals surface area contributed by atoms with Gasteiger partial charge in [-0.15, -0.1) is 0 Å². The summed E-state index contributed by atoms with van der Waals surface area (Å²) in [5.41, 5.74) is 4.47. The first kappa shape index (κ1) is 15.6. The van der Waals surface area contributed by atoms with Crippen molar-refractivity contribution in [2.45, 2.75) is 34.6 Å². The number of rotatable bonds is 0. The van der Waals surface area contributed by atoms with E-state index in [0.717, 1.165) is 0 Å². The summed E-state index contributed by atoms with van der Waals surface area (Å²) in [6, 6.07) is 0. The van der Waals surface area contributed by atoms with Crippen molar-refractivity contribution in [1.82, 2.24) is 0 Å². The summed E-state index contributed by atoms with van der Waals surface area (Å²) in [5.74, 6) is -0.333. The molecule has 0 unspecified atom stereocenters. The summed E-state index contributed by atoms with van der Waals surface area (Å²) < 4.78 is 0. The van der Waals surface area contributed by atoms with E-state index in [-0.39, 0.29) is 7.33 Å². The molecule has 0 aliphatic heterocycles. The molecule has 1 amide bonds. The van der Waals surface area contributed by atoms with E-state index in [1.165, 1.54) is 6.92 Å². The lowest BCUT2D eigenvalue weighted by Crippen LogP contribution is -2.01. The molecular weight excluding hydrogens is 102 g/mol. The fourth-order valence-corrected chi connectivity index (χ4v) is 0. The summed E-state index contributed by atoms with van der Waals surface area (Å²) in [6.07, 6.45) is 0. The van der Waals surface area contributed by atoms with Crippen LogP contribution in [0.25, 0.3) is 0 Å². The standard InChI is InChI=1S/C2H5NO.2C2H6.H2/c1-2(3)4;2*1-2;/h1H3,(H2,3,4);2*1-2H3;1H. The molecule has 0 aromatic carbocycles. The van der Waals surface area contributed by atoms with Crippen LogP contribution in [-0.4, -0.2) is 5.91 Å². The number of hydrogen-bond acceptors (Lipinski definition) is 1. The molecule has 0 rings (SSSR count). The molecule has 0 heterocycles. The van der Waals surface area contributed by atoms with Crippen molar-refractivity contribution in [3.05, 3.63) is 0 Å². The highest BCUT2D eigenvalue weighted by atomic mass is 16.1. The Hall–Kier alpha value is -0.530. The Bertz CT molecular complexity index is 36.0. The molecule has 8 heavy (non-hydrogen) atoms. The van der Waals surface area contributed by atoms with Gasteiger partial charge in [-0.05, 0) is 0 Å². The van der Waals surface area contributed by atoms with Gasteiger partial charge in [0.1, 0.15) is 0 Å². The zero-order valence-electron chi connectivity index (χ0n) is 6.49. The van der Waals surface area contributed by atoms with Crippen LogP contribution in [0.2, 0.25) is 0 Å². The summed E-state index contributed by atoms with van der Waals surface area (Å²) in [4.78, 5) is 9.22. The number of primary amides is 1. The molecule has 0 atom stereocenters. The van der Waals surface area contributed by atoms with Crippen LogP contribution in [0.4, 0.5) is 0 Å². The number of carbonyl (C=O) groups excluding carboxylic acids is 1. The highest BCUT2D eigenvalue weighted by Gasteiger charge is 1.61. The fraction of sp³-hybridized carbons (Fsp3) is 0.833. The molecule has 0 saturated carbocycles. The van der Waals surface area contributed by atoms with Gasteiger partial charge in [0.25, 0.3) is 0 Å². The molecule has 0 bridgehead atoms.